The van der Waals surface area contributed by atoms with Crippen LogP contribution in [0.25, 0.3) is 0 Å². The third-order valence-corrected chi connectivity index (χ3v) is 6.07. The Morgan fingerprint density at radius 1 is 1.18 bits per heavy atom. The van der Waals surface area contributed by atoms with Crippen LogP contribution in [0.15, 0.2) is 24.3 Å². The molecule has 3 rings (SSSR count). The van der Waals surface area contributed by atoms with Crippen molar-refractivity contribution in [2.45, 2.75) is 50.8 Å². The Morgan fingerprint density at radius 3 is 2.53 bits per heavy atom. The highest BCUT2D eigenvalue weighted by Crippen LogP contribution is 2.38. The first-order valence-corrected chi connectivity index (χ1v) is 11.0. The first kappa shape index (κ1) is 26.6. The number of nitrogens with zero attached hydrogens (tertiary/aromatic N) is 1. The maximum Gasteiger partial charge on any atom is 0.339 e. The lowest BCUT2D eigenvalue weighted by atomic mass is 9.99. The summed E-state index contributed by atoms with van der Waals surface area (Å²) >= 11 is 12.7. The normalized spacial score (nSPS) is 24.6. The number of pyridine rings is 1. The highest BCUT2D eigenvalue weighted by Gasteiger charge is 2.47. The van der Waals surface area contributed by atoms with Gasteiger partial charge in [-0.25, -0.2) is 4.79 Å². The van der Waals surface area contributed by atoms with Gasteiger partial charge < -0.3 is 39.4 Å². The second kappa shape index (κ2) is 11.6. The van der Waals surface area contributed by atoms with Gasteiger partial charge in [0.05, 0.1) is 40.2 Å². The van der Waals surface area contributed by atoms with Crippen LogP contribution in [0.3, 0.4) is 0 Å². The minimum absolute atomic E-state index is 0.00331. The zero-order chi connectivity index (χ0) is 25.0. The summed E-state index contributed by atoms with van der Waals surface area (Å²) in [4.78, 5) is 17.1. The molecular weight excluding hydrogens is 493 g/mol. The zero-order valence-corrected chi connectivity index (χ0v) is 19.9. The van der Waals surface area contributed by atoms with E-state index in [4.69, 9.17) is 42.1 Å². The number of aromatic nitrogens is 1. The lowest BCUT2D eigenvalue weighted by Crippen LogP contribution is -2.60. The van der Waals surface area contributed by atoms with Crippen LogP contribution in [0, 0.1) is 6.92 Å². The maximum absolute atomic E-state index is 12.9. The van der Waals surface area contributed by atoms with E-state index in [0.29, 0.717) is 17.0 Å². The van der Waals surface area contributed by atoms with Crippen molar-refractivity contribution in [3.8, 4) is 5.75 Å². The van der Waals surface area contributed by atoms with E-state index in [9.17, 15) is 25.2 Å². The van der Waals surface area contributed by atoms with Gasteiger partial charge in [-0.2, -0.15) is 0 Å². The van der Waals surface area contributed by atoms with Crippen LogP contribution in [-0.4, -0.2) is 75.8 Å². The third-order valence-electron chi connectivity index (χ3n) is 5.33. The van der Waals surface area contributed by atoms with Crippen molar-refractivity contribution in [1.29, 1.82) is 0 Å². The molecule has 4 N–H and O–H groups in total. The number of aliphatic hydroxyl groups excluding tert-OH is 4. The molecule has 0 amide bonds. The number of rotatable bonds is 8. The topological polar surface area (TPSA) is 148 Å². The molecule has 0 bridgehead atoms. The predicted molar refractivity (Wildman–Crippen MR) is 120 cm³/mol. The minimum Gasteiger partial charge on any atom is -0.484 e. The molecule has 2 heterocycles. The van der Waals surface area contributed by atoms with E-state index < -0.39 is 43.3 Å². The van der Waals surface area contributed by atoms with Gasteiger partial charge in [-0.15, -0.1) is 0 Å². The Morgan fingerprint density at radius 2 is 1.88 bits per heavy atom. The van der Waals surface area contributed by atoms with Crippen molar-refractivity contribution in [1.82, 2.24) is 4.98 Å². The van der Waals surface area contributed by atoms with Crippen molar-refractivity contribution >= 4 is 29.2 Å². The van der Waals surface area contributed by atoms with E-state index in [0.717, 1.165) is 0 Å². The third kappa shape index (κ3) is 5.61. The number of aliphatic hydroxyl groups is 4. The Hall–Kier alpha value is -2.02. The van der Waals surface area contributed by atoms with E-state index in [1.54, 1.807) is 25.1 Å². The first-order valence-electron chi connectivity index (χ1n) is 10.2. The number of carbonyl (C=O) groups excluding carboxylic acids is 1. The molecule has 5 atom stereocenters. The SMILES string of the molecule is CO[C@H]1O[C@H](CO)[C@@H](O)[C@H](O)[C@H]1OC(=O)c1cc(Cl)c(OCc2cccc(CO)n2)c(Cl)c1C. The van der Waals surface area contributed by atoms with Crippen LogP contribution in [-0.2, 0) is 27.4 Å². The van der Waals surface area contributed by atoms with Gasteiger partial charge in [-0.05, 0) is 30.7 Å². The molecule has 0 spiro atoms. The first-order chi connectivity index (χ1) is 16.2. The van der Waals surface area contributed by atoms with Crippen LogP contribution >= 0.6 is 23.2 Å². The molecule has 1 fully saturated rings. The molecule has 10 nitrogen and oxygen atoms in total. The van der Waals surface area contributed by atoms with Gasteiger partial charge in [-0.3, -0.25) is 4.98 Å². The van der Waals surface area contributed by atoms with Gasteiger partial charge >= 0.3 is 5.97 Å². The number of hydrogen-bond donors (Lipinski definition) is 4. The number of benzene rings is 1. The second-order valence-electron chi connectivity index (χ2n) is 7.55. The minimum atomic E-state index is -1.57. The summed E-state index contributed by atoms with van der Waals surface area (Å²) in [6.07, 6.45) is -6.79. The van der Waals surface area contributed by atoms with E-state index in [1.807, 2.05) is 0 Å². The molecule has 12 heteroatoms. The number of methoxy groups -OCH3 is 1. The summed E-state index contributed by atoms with van der Waals surface area (Å²) in [5, 5.41) is 39.1. The van der Waals surface area contributed by atoms with Crippen LogP contribution in [0.4, 0.5) is 0 Å². The van der Waals surface area contributed by atoms with Gasteiger partial charge in [-0.1, -0.05) is 29.3 Å². The number of ether oxygens (including phenoxy) is 4. The standard InChI is InChI=1S/C22H25Cl2NO9/c1-10-13(21(30)34-20-18(29)17(28)15(8-27)33-22(20)31-2)6-14(23)19(16(10)24)32-9-12-5-3-4-11(7-26)25-12/h3-6,15,17-18,20,22,26-29H,7-9H2,1-2H3/t15-,17-,18+,20-,22+/m1/s1. The average Bonchev–Trinajstić information content (AvgIpc) is 2.84. The Labute approximate surface area is 205 Å². The molecule has 0 aliphatic carbocycles. The lowest BCUT2D eigenvalue weighted by Gasteiger charge is -2.40. The molecule has 0 saturated carbocycles. The molecular formula is C22H25Cl2NO9. The molecule has 1 aliphatic rings. The molecule has 1 aromatic heterocycles. The van der Waals surface area contributed by atoms with E-state index in [2.05, 4.69) is 4.98 Å². The molecule has 34 heavy (non-hydrogen) atoms. The van der Waals surface area contributed by atoms with E-state index >= 15 is 0 Å². The molecule has 186 valence electrons. The fourth-order valence-electron chi connectivity index (χ4n) is 3.44. The highest BCUT2D eigenvalue weighted by atomic mass is 35.5. The zero-order valence-electron chi connectivity index (χ0n) is 18.4. The summed E-state index contributed by atoms with van der Waals surface area (Å²) in [5.74, 6) is -0.764. The molecule has 1 aliphatic heterocycles. The van der Waals surface area contributed by atoms with Crippen molar-refractivity contribution in [2.24, 2.45) is 0 Å². The molecule has 0 unspecified atom stereocenters. The van der Waals surface area contributed by atoms with Crippen LogP contribution in [0.2, 0.25) is 10.0 Å². The van der Waals surface area contributed by atoms with Crippen molar-refractivity contribution in [2.75, 3.05) is 13.7 Å². The molecule has 1 saturated heterocycles. The van der Waals surface area contributed by atoms with Crippen LogP contribution in [0.1, 0.15) is 27.3 Å². The summed E-state index contributed by atoms with van der Waals surface area (Å²) in [5.41, 5.74) is 1.32. The highest BCUT2D eigenvalue weighted by molar-refractivity contribution is 6.38. The summed E-state index contributed by atoms with van der Waals surface area (Å²) in [7, 11) is 1.26. The van der Waals surface area contributed by atoms with Gasteiger partial charge in [0, 0.05) is 7.11 Å². The quantitative estimate of drug-likeness (QED) is 0.378. The fourth-order valence-corrected chi connectivity index (χ4v) is 4.01. The predicted octanol–water partition coefficient (Wildman–Crippen LogP) is 1.38. The van der Waals surface area contributed by atoms with E-state index in [1.165, 1.54) is 13.2 Å². The largest absolute Gasteiger partial charge is 0.484 e. The average molecular weight is 518 g/mol. The van der Waals surface area contributed by atoms with Crippen LogP contribution < -0.4 is 4.74 Å². The smallest absolute Gasteiger partial charge is 0.339 e. The van der Waals surface area contributed by atoms with Gasteiger partial charge in [0.25, 0.3) is 0 Å². The van der Waals surface area contributed by atoms with Crippen molar-refractivity contribution in [3.63, 3.8) is 0 Å². The Bertz CT molecular complexity index is 1020. The summed E-state index contributed by atoms with van der Waals surface area (Å²) in [6, 6.07) is 6.41. The summed E-state index contributed by atoms with van der Waals surface area (Å²) < 4.78 is 21.5. The van der Waals surface area contributed by atoms with Gasteiger partial charge in [0.2, 0.25) is 0 Å². The fraction of sp³-hybridized carbons (Fsp3) is 0.455. The number of carbonyl (C=O) groups is 1. The van der Waals surface area contributed by atoms with Gasteiger partial charge in [0.15, 0.2) is 18.1 Å². The second-order valence-corrected chi connectivity index (χ2v) is 8.34. The molecule has 1 aromatic carbocycles. The van der Waals surface area contributed by atoms with Crippen LogP contribution in [0.5, 0.6) is 5.75 Å². The van der Waals surface area contributed by atoms with Crippen molar-refractivity contribution < 1.29 is 44.2 Å². The maximum atomic E-state index is 12.9. The number of halogens is 2. The number of esters is 1. The van der Waals surface area contributed by atoms with Gasteiger partial charge in [0.1, 0.15) is 24.9 Å². The monoisotopic (exact) mass is 517 g/mol. The molecule has 2 aromatic rings. The Kier molecular flexibility index (Phi) is 9.07. The summed E-state index contributed by atoms with van der Waals surface area (Å²) in [6.45, 7) is 0.796. The molecule has 0 radical (unpaired) electrons. The number of hydrogen-bond acceptors (Lipinski definition) is 10. The van der Waals surface area contributed by atoms with E-state index in [-0.39, 0.29) is 34.6 Å². The van der Waals surface area contributed by atoms with Crippen molar-refractivity contribution in [3.05, 3.63) is 56.8 Å². The lowest BCUT2D eigenvalue weighted by molar-refractivity contribution is -0.293. The Balaban J connectivity index is 1.78.